The molecule has 3 aliphatic heterocycles. The zero-order valence-corrected chi connectivity index (χ0v) is 42.1. The number of carboxylic acid groups (broad SMARTS) is 1. The highest BCUT2D eigenvalue weighted by molar-refractivity contribution is 7.22. The van der Waals surface area contributed by atoms with Gasteiger partial charge in [0.2, 0.25) is 11.8 Å². The van der Waals surface area contributed by atoms with Crippen LogP contribution in [-0.2, 0) is 34.3 Å². The maximum atomic E-state index is 13.7. The number of rotatable bonds is 13. The fourth-order valence-corrected chi connectivity index (χ4v) is 12.1. The molecule has 2 atom stereocenters. The lowest BCUT2D eigenvalue weighted by Crippen LogP contribution is -2.51. The van der Waals surface area contributed by atoms with Gasteiger partial charge in [0.25, 0.3) is 5.91 Å². The predicted octanol–water partition coefficient (Wildman–Crippen LogP) is 8.50. The van der Waals surface area contributed by atoms with E-state index in [4.69, 9.17) is 19.6 Å². The predicted molar refractivity (Wildman–Crippen MR) is 282 cm³/mol. The van der Waals surface area contributed by atoms with Crippen molar-refractivity contribution >= 4 is 72.8 Å². The molecule has 0 radical (unpaired) electrons. The minimum atomic E-state index is -1.12. The van der Waals surface area contributed by atoms with Crippen LogP contribution in [0.1, 0.15) is 94.6 Å². The number of nitrogens with one attached hydrogen (secondary N) is 2. The quantitative estimate of drug-likeness (QED) is 0.0936. The fraction of sp³-hybridized carbons (Fsp3) is 0.375. The third kappa shape index (κ3) is 9.76. The molecule has 1 aliphatic carbocycles. The lowest BCUT2D eigenvalue weighted by molar-refractivity contribution is -0.134. The molecule has 3 fully saturated rings. The van der Waals surface area contributed by atoms with Gasteiger partial charge in [0.1, 0.15) is 11.6 Å². The lowest BCUT2D eigenvalue weighted by Gasteiger charge is -2.40. The van der Waals surface area contributed by atoms with E-state index in [0.29, 0.717) is 61.0 Å². The highest BCUT2D eigenvalue weighted by Crippen LogP contribution is 2.38. The number of pyridine rings is 1. The first-order valence-corrected chi connectivity index (χ1v) is 26.2. The van der Waals surface area contributed by atoms with Gasteiger partial charge in [-0.3, -0.25) is 34.6 Å². The number of carboxylic acids is 1. The second-order valence-electron chi connectivity index (χ2n) is 19.8. The molecule has 11 rings (SSSR count). The van der Waals surface area contributed by atoms with Gasteiger partial charge in [-0.15, -0.1) is 0 Å². The molecular formula is C56H59N9O7S. The molecule has 73 heavy (non-hydrogen) atoms. The Kier molecular flexibility index (Phi) is 13.4. The average Bonchev–Trinajstić information content (AvgIpc) is 3.98. The molecule has 6 heterocycles. The number of piperazine rings is 1. The van der Waals surface area contributed by atoms with E-state index in [2.05, 4.69) is 38.4 Å². The van der Waals surface area contributed by atoms with Gasteiger partial charge in [-0.25, -0.2) is 14.8 Å². The second kappa shape index (κ2) is 20.4. The molecule has 7 aromatic rings. The van der Waals surface area contributed by atoms with Crippen LogP contribution < -0.4 is 25.2 Å². The standard InChI is InChI=1S/C56H59N9O7S/c1-33(63-27-29-64(30-28-63)45-14-7-12-41-50(61-62(3)52(41)45)42-22-24-49(66)59-54(42)68)32-71-36-17-19-37(20-18-36)72-46-15-8-10-38(34(46)2)39-21-23-48(58-51(39)55(69)70)65-26-25-35-9-6-11-40(43(35)31-65)53(67)60-56-57-44-13-4-5-16-47(44)73-56/h4-16,21,23,33,36-37,42H,17-20,22,24-32H2,1-3H3,(H,69,70)(H,57,60,67)(H,59,66,68). The number of para-hydroxylation sites is 2. The van der Waals surface area contributed by atoms with E-state index >= 15 is 0 Å². The van der Waals surface area contributed by atoms with Gasteiger partial charge in [-0.1, -0.05) is 59.9 Å². The van der Waals surface area contributed by atoms with Gasteiger partial charge in [0, 0.05) is 75.3 Å². The van der Waals surface area contributed by atoms with Crippen molar-refractivity contribution in [1.82, 2.24) is 30.0 Å². The molecule has 3 amide bonds. The summed E-state index contributed by atoms with van der Waals surface area (Å²) in [7, 11) is 1.93. The van der Waals surface area contributed by atoms with Crippen LogP contribution in [0.2, 0.25) is 0 Å². The Bertz CT molecular complexity index is 3230. The molecule has 2 unspecified atom stereocenters. The lowest BCUT2D eigenvalue weighted by atomic mass is 9.92. The number of amides is 3. The maximum Gasteiger partial charge on any atom is 0.355 e. The molecule has 4 aliphatic rings. The Morgan fingerprint density at radius 1 is 0.836 bits per heavy atom. The van der Waals surface area contributed by atoms with Gasteiger partial charge in [-0.05, 0) is 117 Å². The Morgan fingerprint density at radius 2 is 1.62 bits per heavy atom. The Morgan fingerprint density at radius 3 is 2.41 bits per heavy atom. The molecule has 1 saturated carbocycles. The maximum absolute atomic E-state index is 13.7. The molecule has 4 aromatic carbocycles. The Balaban J connectivity index is 0.680. The number of piperidine rings is 1. The number of nitrogens with zero attached hydrogens (tertiary/aromatic N) is 7. The number of hydrogen-bond donors (Lipinski definition) is 3. The van der Waals surface area contributed by atoms with Crippen LogP contribution in [0.5, 0.6) is 5.75 Å². The molecule has 16 nitrogen and oxygen atoms in total. The molecule has 3 aromatic heterocycles. The molecule has 376 valence electrons. The Labute approximate surface area is 427 Å². The number of fused-ring (bicyclic) bond motifs is 3. The molecule has 2 saturated heterocycles. The van der Waals surface area contributed by atoms with Crippen molar-refractivity contribution in [3.63, 3.8) is 0 Å². The van der Waals surface area contributed by atoms with Crippen molar-refractivity contribution in [3.8, 4) is 16.9 Å². The molecule has 3 N–H and O–H groups in total. The van der Waals surface area contributed by atoms with Crippen LogP contribution in [-0.4, -0.2) is 111 Å². The van der Waals surface area contributed by atoms with Crippen LogP contribution in [0.4, 0.5) is 16.6 Å². The minimum absolute atomic E-state index is 0.0119. The van der Waals surface area contributed by atoms with Crippen molar-refractivity contribution in [2.75, 3.05) is 54.4 Å². The van der Waals surface area contributed by atoms with Crippen molar-refractivity contribution < 1.29 is 33.8 Å². The first-order chi connectivity index (χ1) is 35.4. The monoisotopic (exact) mass is 1000 g/mol. The zero-order valence-electron chi connectivity index (χ0n) is 41.3. The number of carbonyl (C=O) groups excluding carboxylic acids is 3. The number of hydrogen-bond acceptors (Lipinski definition) is 13. The first kappa shape index (κ1) is 48.1. The number of imide groups is 1. The smallest absolute Gasteiger partial charge is 0.355 e. The van der Waals surface area contributed by atoms with E-state index in [0.717, 1.165) is 112 Å². The van der Waals surface area contributed by atoms with Gasteiger partial charge in [-0.2, -0.15) is 5.10 Å². The summed E-state index contributed by atoms with van der Waals surface area (Å²) in [5.41, 5.74) is 8.30. The molecular weight excluding hydrogens is 943 g/mol. The third-order valence-corrected chi connectivity index (χ3v) is 16.2. The zero-order chi connectivity index (χ0) is 50.3. The number of benzene rings is 4. The number of anilines is 3. The van der Waals surface area contributed by atoms with Crippen molar-refractivity contribution in [2.45, 2.75) is 89.5 Å². The molecule has 0 bridgehead atoms. The van der Waals surface area contributed by atoms with Gasteiger partial charge < -0.3 is 24.4 Å². The second-order valence-corrected chi connectivity index (χ2v) is 20.8. The van der Waals surface area contributed by atoms with Gasteiger partial charge >= 0.3 is 5.97 Å². The van der Waals surface area contributed by atoms with Crippen molar-refractivity contribution in [3.05, 3.63) is 125 Å². The van der Waals surface area contributed by atoms with Crippen molar-refractivity contribution in [1.29, 1.82) is 0 Å². The average molecular weight is 1000 g/mol. The van der Waals surface area contributed by atoms with E-state index in [1.807, 2.05) is 108 Å². The van der Waals surface area contributed by atoms with Crippen LogP contribution in [0.25, 0.3) is 32.2 Å². The fourth-order valence-electron chi connectivity index (χ4n) is 11.2. The van der Waals surface area contributed by atoms with Gasteiger partial charge in [0.05, 0.1) is 51.8 Å². The number of ether oxygens (including phenoxy) is 2. The van der Waals surface area contributed by atoms with Gasteiger partial charge in [0.15, 0.2) is 10.8 Å². The topological polar surface area (TPSA) is 184 Å². The summed E-state index contributed by atoms with van der Waals surface area (Å²) in [6, 6.07) is 29.5. The van der Waals surface area contributed by atoms with E-state index in [1.54, 1.807) is 0 Å². The van der Waals surface area contributed by atoms with Crippen LogP contribution in [0, 0.1) is 6.92 Å². The largest absolute Gasteiger partial charge is 0.490 e. The summed E-state index contributed by atoms with van der Waals surface area (Å²) >= 11 is 1.43. The van der Waals surface area contributed by atoms with Crippen LogP contribution in [0.15, 0.2) is 91.0 Å². The molecule has 0 spiro atoms. The van der Waals surface area contributed by atoms with E-state index < -0.39 is 11.9 Å². The van der Waals surface area contributed by atoms with Crippen LogP contribution >= 0.6 is 11.3 Å². The number of carbonyl (C=O) groups is 4. The Hall–Kier alpha value is -7.21. The normalized spacial score (nSPS) is 20.0. The summed E-state index contributed by atoms with van der Waals surface area (Å²) in [6.45, 7) is 9.40. The van der Waals surface area contributed by atoms with E-state index in [9.17, 15) is 24.3 Å². The van der Waals surface area contributed by atoms with E-state index in [-0.39, 0.29) is 41.7 Å². The highest BCUT2D eigenvalue weighted by Gasteiger charge is 2.34. The number of aromatic nitrogens is 4. The van der Waals surface area contributed by atoms with Crippen molar-refractivity contribution in [2.24, 2.45) is 7.05 Å². The summed E-state index contributed by atoms with van der Waals surface area (Å²) in [4.78, 5) is 67.4. The number of thiazole rings is 1. The summed E-state index contributed by atoms with van der Waals surface area (Å²) < 4.78 is 16.1. The minimum Gasteiger partial charge on any atom is -0.490 e. The highest BCUT2D eigenvalue weighted by atomic mass is 32.1. The number of aromatic carboxylic acids is 1. The SMILES string of the molecule is Cc1c(OC2CCC(OCC(C)N3CCN(c4cccc5c(C6CCC(=O)NC6=O)nn(C)c45)CC3)CC2)cccc1-c1ccc(N2CCc3cccc(C(=O)Nc4nc5ccccc5s4)c3C2)nc1C(=O)O. The summed E-state index contributed by atoms with van der Waals surface area (Å²) in [6.07, 6.45) is 5.13. The summed E-state index contributed by atoms with van der Waals surface area (Å²) in [5.74, 6) is -1.02. The molecule has 17 heteroatoms. The first-order valence-electron chi connectivity index (χ1n) is 25.4. The summed E-state index contributed by atoms with van der Waals surface area (Å²) in [5, 5.41) is 22.3. The third-order valence-electron chi connectivity index (χ3n) is 15.2. The van der Waals surface area contributed by atoms with E-state index in [1.165, 1.54) is 11.3 Å². The van der Waals surface area contributed by atoms with Crippen LogP contribution in [0.3, 0.4) is 0 Å². The number of aryl methyl sites for hydroxylation is 1.